The largest absolute Gasteiger partial charge is 0.338 e. The van der Waals surface area contributed by atoms with E-state index in [-0.39, 0.29) is 11.8 Å². The second kappa shape index (κ2) is 6.16. The fourth-order valence-electron chi connectivity index (χ4n) is 3.28. The molecule has 2 aromatic heterocycles. The van der Waals surface area contributed by atoms with Crippen molar-refractivity contribution >= 4 is 5.91 Å². The van der Waals surface area contributed by atoms with Crippen LogP contribution in [0.3, 0.4) is 0 Å². The van der Waals surface area contributed by atoms with Gasteiger partial charge < -0.3 is 9.42 Å². The lowest BCUT2D eigenvalue weighted by Gasteiger charge is -2.15. The van der Waals surface area contributed by atoms with Crippen molar-refractivity contribution in [2.45, 2.75) is 26.2 Å². The van der Waals surface area contributed by atoms with Crippen LogP contribution < -0.4 is 0 Å². The lowest BCUT2D eigenvalue weighted by molar-refractivity contribution is 0.0789. The number of nitrogens with zero attached hydrogens (tertiary/aromatic N) is 4. The first kappa shape index (κ1) is 15.6. The van der Waals surface area contributed by atoms with Gasteiger partial charge in [-0.1, -0.05) is 23.4 Å². The monoisotopic (exact) mass is 337 g/mol. The Bertz CT molecular complexity index is 880. The summed E-state index contributed by atoms with van der Waals surface area (Å²) in [5, 5.41) is 11.1. The van der Waals surface area contributed by atoms with E-state index in [2.05, 4.69) is 20.3 Å². The molecule has 7 nitrogen and oxygen atoms in total. The molecule has 4 rings (SSSR count). The molecule has 3 heterocycles. The smallest absolute Gasteiger partial charge is 0.257 e. The zero-order chi connectivity index (χ0) is 17.4. The van der Waals surface area contributed by atoms with Crippen LogP contribution in [0, 0.1) is 13.8 Å². The Labute approximate surface area is 145 Å². The van der Waals surface area contributed by atoms with Gasteiger partial charge in [0, 0.05) is 30.3 Å². The fraction of sp³-hybridized carbons (Fsp3) is 0.333. The van der Waals surface area contributed by atoms with Crippen molar-refractivity contribution < 1.29 is 9.32 Å². The number of hydrogen-bond acceptors (Lipinski definition) is 5. The minimum Gasteiger partial charge on any atom is -0.338 e. The molecule has 0 saturated carbocycles. The Kier molecular flexibility index (Phi) is 3.83. The van der Waals surface area contributed by atoms with Crippen molar-refractivity contribution in [1.82, 2.24) is 25.2 Å². The second-order valence-corrected chi connectivity index (χ2v) is 6.37. The zero-order valence-electron chi connectivity index (χ0n) is 14.2. The molecule has 7 heteroatoms. The molecule has 1 atom stereocenters. The SMILES string of the molecule is Cc1n[nH]c(C)c1C(=O)N1CCC(c2noc(-c3ccccc3)n2)C1. The highest BCUT2D eigenvalue weighted by Gasteiger charge is 2.32. The van der Waals surface area contributed by atoms with E-state index in [0.717, 1.165) is 23.4 Å². The van der Waals surface area contributed by atoms with Crippen LogP contribution in [0.1, 0.15) is 39.9 Å². The summed E-state index contributed by atoms with van der Waals surface area (Å²) in [5.41, 5.74) is 3.10. The summed E-state index contributed by atoms with van der Waals surface area (Å²) < 4.78 is 5.39. The summed E-state index contributed by atoms with van der Waals surface area (Å²) >= 11 is 0. The van der Waals surface area contributed by atoms with E-state index in [1.807, 2.05) is 49.1 Å². The van der Waals surface area contributed by atoms with Crippen molar-refractivity contribution in [3.05, 3.63) is 53.1 Å². The highest BCUT2D eigenvalue weighted by molar-refractivity contribution is 5.96. The number of H-pyrrole nitrogens is 1. The third-order valence-corrected chi connectivity index (χ3v) is 4.65. The molecule has 3 aromatic rings. The number of likely N-dealkylation sites (tertiary alicyclic amines) is 1. The van der Waals surface area contributed by atoms with Gasteiger partial charge in [0.25, 0.3) is 11.8 Å². The lowest BCUT2D eigenvalue weighted by Crippen LogP contribution is -2.29. The Morgan fingerprint density at radius 1 is 1.28 bits per heavy atom. The molecule has 0 spiro atoms. The van der Waals surface area contributed by atoms with E-state index in [9.17, 15) is 4.79 Å². The van der Waals surface area contributed by atoms with E-state index in [1.54, 1.807) is 0 Å². The van der Waals surface area contributed by atoms with E-state index in [4.69, 9.17) is 4.52 Å². The summed E-state index contributed by atoms with van der Waals surface area (Å²) in [6.45, 7) is 4.99. The Morgan fingerprint density at radius 2 is 2.08 bits per heavy atom. The number of aryl methyl sites for hydroxylation is 2. The summed E-state index contributed by atoms with van der Waals surface area (Å²) in [4.78, 5) is 19.1. The number of carbonyl (C=O) groups is 1. The molecule has 1 N–H and O–H groups in total. The maximum Gasteiger partial charge on any atom is 0.257 e. The Hall–Kier alpha value is -2.96. The molecule has 1 aromatic carbocycles. The molecule has 25 heavy (non-hydrogen) atoms. The molecule has 1 aliphatic heterocycles. The molecule has 0 aliphatic carbocycles. The second-order valence-electron chi connectivity index (χ2n) is 6.37. The molecule has 0 radical (unpaired) electrons. The number of nitrogens with one attached hydrogen (secondary N) is 1. The fourth-order valence-corrected chi connectivity index (χ4v) is 3.28. The van der Waals surface area contributed by atoms with Crippen molar-refractivity contribution in [2.75, 3.05) is 13.1 Å². The number of aromatic nitrogens is 4. The number of benzene rings is 1. The first-order valence-electron chi connectivity index (χ1n) is 8.33. The summed E-state index contributed by atoms with van der Waals surface area (Å²) in [6, 6.07) is 9.69. The Morgan fingerprint density at radius 3 is 2.80 bits per heavy atom. The van der Waals surface area contributed by atoms with Crippen LogP contribution >= 0.6 is 0 Å². The number of aromatic amines is 1. The normalized spacial score (nSPS) is 17.2. The molecular weight excluding hydrogens is 318 g/mol. The summed E-state index contributed by atoms with van der Waals surface area (Å²) in [7, 11) is 0. The van der Waals surface area contributed by atoms with Crippen LogP contribution in [0.15, 0.2) is 34.9 Å². The summed E-state index contributed by atoms with van der Waals surface area (Å²) in [5.74, 6) is 1.28. The van der Waals surface area contributed by atoms with Gasteiger partial charge >= 0.3 is 0 Å². The van der Waals surface area contributed by atoms with Crippen LogP contribution in [0.25, 0.3) is 11.5 Å². The predicted molar refractivity (Wildman–Crippen MR) is 91.1 cm³/mol. The van der Waals surface area contributed by atoms with E-state index >= 15 is 0 Å². The third-order valence-electron chi connectivity index (χ3n) is 4.65. The van der Waals surface area contributed by atoms with Gasteiger partial charge in [-0.05, 0) is 32.4 Å². The van der Waals surface area contributed by atoms with E-state index in [1.165, 1.54) is 0 Å². The van der Waals surface area contributed by atoms with Gasteiger partial charge in [0.15, 0.2) is 5.82 Å². The van der Waals surface area contributed by atoms with E-state index in [0.29, 0.717) is 30.4 Å². The highest BCUT2D eigenvalue weighted by Crippen LogP contribution is 2.28. The number of hydrogen-bond donors (Lipinski definition) is 1. The van der Waals surface area contributed by atoms with Crippen LogP contribution in [-0.4, -0.2) is 44.2 Å². The first-order chi connectivity index (χ1) is 12.1. The van der Waals surface area contributed by atoms with Gasteiger partial charge in [-0.3, -0.25) is 9.89 Å². The standard InChI is InChI=1S/C18H19N5O2/c1-11-15(12(2)21-20-11)18(24)23-9-8-14(10-23)16-19-17(25-22-16)13-6-4-3-5-7-13/h3-7,14H,8-10H2,1-2H3,(H,20,21). The van der Waals surface area contributed by atoms with Gasteiger partial charge in [-0.2, -0.15) is 10.1 Å². The predicted octanol–water partition coefficient (Wildman–Crippen LogP) is 2.71. The lowest BCUT2D eigenvalue weighted by atomic mass is 10.1. The maximum atomic E-state index is 12.8. The van der Waals surface area contributed by atoms with Gasteiger partial charge in [0.1, 0.15) is 0 Å². The van der Waals surface area contributed by atoms with Gasteiger partial charge in [0.05, 0.1) is 11.3 Å². The zero-order valence-corrected chi connectivity index (χ0v) is 14.2. The number of amides is 1. The van der Waals surface area contributed by atoms with Gasteiger partial charge in [-0.25, -0.2) is 0 Å². The molecule has 0 bridgehead atoms. The molecule has 1 saturated heterocycles. The quantitative estimate of drug-likeness (QED) is 0.794. The topological polar surface area (TPSA) is 87.9 Å². The molecule has 1 amide bonds. The Balaban J connectivity index is 1.50. The average molecular weight is 337 g/mol. The van der Waals surface area contributed by atoms with Gasteiger partial charge in [-0.15, -0.1) is 0 Å². The molecule has 128 valence electrons. The molecule has 1 aliphatic rings. The van der Waals surface area contributed by atoms with Crippen LogP contribution in [0.5, 0.6) is 0 Å². The van der Waals surface area contributed by atoms with Crippen molar-refractivity contribution in [3.63, 3.8) is 0 Å². The van der Waals surface area contributed by atoms with E-state index < -0.39 is 0 Å². The van der Waals surface area contributed by atoms with Crippen LogP contribution in [-0.2, 0) is 0 Å². The molecule has 1 unspecified atom stereocenters. The van der Waals surface area contributed by atoms with Crippen molar-refractivity contribution in [3.8, 4) is 11.5 Å². The third kappa shape index (κ3) is 2.82. The average Bonchev–Trinajstić information content (AvgIpc) is 3.35. The van der Waals surface area contributed by atoms with Crippen molar-refractivity contribution in [1.29, 1.82) is 0 Å². The summed E-state index contributed by atoms with van der Waals surface area (Å²) in [6.07, 6.45) is 0.829. The maximum absolute atomic E-state index is 12.8. The van der Waals surface area contributed by atoms with Crippen LogP contribution in [0.2, 0.25) is 0 Å². The van der Waals surface area contributed by atoms with Crippen LogP contribution in [0.4, 0.5) is 0 Å². The number of rotatable bonds is 3. The van der Waals surface area contributed by atoms with Gasteiger partial charge in [0.2, 0.25) is 0 Å². The minimum absolute atomic E-state index is 0.0121. The molecular formula is C18H19N5O2. The minimum atomic E-state index is 0.0121. The van der Waals surface area contributed by atoms with Crippen molar-refractivity contribution in [2.24, 2.45) is 0 Å². The number of carbonyl (C=O) groups excluding carboxylic acids is 1. The molecule has 1 fully saturated rings. The highest BCUT2D eigenvalue weighted by atomic mass is 16.5. The first-order valence-corrected chi connectivity index (χ1v) is 8.33.